The van der Waals surface area contributed by atoms with Gasteiger partial charge in [0.15, 0.2) is 6.29 Å². The molecule has 6 atom stereocenters. The van der Waals surface area contributed by atoms with Crippen LogP contribution in [0.5, 0.6) is 0 Å². The summed E-state index contributed by atoms with van der Waals surface area (Å²) in [7, 11) is 0. The van der Waals surface area contributed by atoms with E-state index in [1.807, 2.05) is 39.0 Å². The van der Waals surface area contributed by atoms with Gasteiger partial charge in [0, 0.05) is 0 Å². The summed E-state index contributed by atoms with van der Waals surface area (Å²) in [4.78, 5) is 28.2. The lowest BCUT2D eigenvalue weighted by atomic mass is 9.67. The van der Waals surface area contributed by atoms with E-state index in [0.29, 0.717) is 18.9 Å². The molecule has 1 aromatic rings. The largest absolute Gasteiger partial charge is 0.359 e. The second-order valence-electron chi connectivity index (χ2n) is 8.27. The minimum absolute atomic E-state index is 0.162. The first-order valence-electron chi connectivity index (χ1n) is 9.40. The smallest absolute Gasteiger partial charge is 0.240 e. The van der Waals surface area contributed by atoms with Crippen LogP contribution in [0.2, 0.25) is 0 Å². The van der Waals surface area contributed by atoms with Crippen LogP contribution in [0.3, 0.4) is 0 Å². The molecule has 6 nitrogen and oxygen atoms in total. The molecule has 0 saturated carbocycles. The van der Waals surface area contributed by atoms with Gasteiger partial charge >= 0.3 is 0 Å². The van der Waals surface area contributed by atoms with Gasteiger partial charge in [-0.05, 0) is 32.4 Å². The monoisotopic (exact) mass is 513 g/mol. The zero-order valence-corrected chi connectivity index (χ0v) is 18.9. The van der Waals surface area contributed by atoms with Gasteiger partial charge in [-0.3, -0.25) is 9.59 Å². The van der Waals surface area contributed by atoms with Crippen molar-refractivity contribution in [1.82, 2.24) is 0 Å². The number of halogens is 2. The molecule has 4 aliphatic heterocycles. The van der Waals surface area contributed by atoms with Crippen molar-refractivity contribution >= 4 is 49.4 Å². The van der Waals surface area contributed by atoms with Crippen molar-refractivity contribution in [3.8, 4) is 0 Å². The van der Waals surface area contributed by atoms with Gasteiger partial charge in [0.25, 0.3) is 0 Å². The molecule has 6 unspecified atom stereocenters. The van der Waals surface area contributed by atoms with E-state index >= 15 is 0 Å². The first-order valence-corrected chi connectivity index (χ1v) is 11.2. The van der Waals surface area contributed by atoms with Crippen LogP contribution < -0.4 is 4.90 Å². The summed E-state index contributed by atoms with van der Waals surface area (Å²) < 4.78 is 18.1. The summed E-state index contributed by atoms with van der Waals surface area (Å²) in [5.41, 5.74) is 0.728. The molecular formula is C20H21Br2NO5. The Morgan fingerprint density at radius 3 is 2.32 bits per heavy atom. The molecule has 28 heavy (non-hydrogen) atoms. The molecule has 8 heteroatoms. The number of hydrogen-bond acceptors (Lipinski definition) is 5. The molecule has 0 aromatic heterocycles. The van der Waals surface area contributed by atoms with Crippen LogP contribution in [-0.4, -0.2) is 52.2 Å². The van der Waals surface area contributed by atoms with E-state index in [9.17, 15) is 9.59 Å². The molecule has 1 aromatic carbocycles. The number of fused-ring (bicyclic) bond motifs is 5. The van der Waals surface area contributed by atoms with Crippen molar-refractivity contribution in [1.29, 1.82) is 0 Å². The molecule has 0 spiro atoms. The molecular weight excluding hydrogens is 494 g/mol. The number of rotatable bonds is 2. The number of ether oxygens (including phenoxy) is 3. The topological polar surface area (TPSA) is 65.1 Å². The Bertz CT molecular complexity index is 883. The van der Waals surface area contributed by atoms with E-state index in [-0.39, 0.29) is 21.5 Å². The Balaban J connectivity index is 1.65. The molecule has 4 aliphatic rings. The highest BCUT2D eigenvalue weighted by Crippen LogP contribution is 2.66. The van der Waals surface area contributed by atoms with Gasteiger partial charge in [0.05, 0.1) is 46.0 Å². The van der Waals surface area contributed by atoms with Crippen LogP contribution in [0, 0.1) is 25.7 Å². The lowest BCUT2D eigenvalue weighted by Crippen LogP contribution is -2.59. The lowest BCUT2D eigenvalue weighted by molar-refractivity contribution is -0.200. The lowest BCUT2D eigenvalue weighted by Gasteiger charge is -2.39. The maximum absolute atomic E-state index is 13.7. The van der Waals surface area contributed by atoms with Crippen LogP contribution in [0.15, 0.2) is 18.2 Å². The van der Waals surface area contributed by atoms with E-state index in [1.54, 1.807) is 0 Å². The van der Waals surface area contributed by atoms with Crippen LogP contribution >= 0.6 is 31.9 Å². The molecule has 0 aliphatic carbocycles. The number of benzene rings is 1. The fourth-order valence-corrected chi connectivity index (χ4v) is 7.33. The fraction of sp³-hybridized carbons (Fsp3) is 0.600. The Labute approximate surface area is 180 Å². The highest BCUT2D eigenvalue weighted by atomic mass is 79.9. The van der Waals surface area contributed by atoms with Gasteiger partial charge in [-0.2, -0.15) is 0 Å². The fourth-order valence-electron chi connectivity index (χ4n) is 5.42. The Hall–Kier alpha value is -0.800. The maximum Gasteiger partial charge on any atom is 0.240 e. The van der Waals surface area contributed by atoms with E-state index in [1.165, 1.54) is 4.90 Å². The third-order valence-corrected chi connectivity index (χ3v) is 10.0. The number of nitrogens with zero attached hydrogens (tertiary/aromatic N) is 1. The van der Waals surface area contributed by atoms with Crippen LogP contribution in [0.1, 0.15) is 18.1 Å². The van der Waals surface area contributed by atoms with Crippen molar-refractivity contribution in [2.45, 2.75) is 47.9 Å². The van der Waals surface area contributed by atoms with Crippen molar-refractivity contribution in [3.63, 3.8) is 0 Å². The molecule has 2 amide bonds. The first-order chi connectivity index (χ1) is 13.2. The van der Waals surface area contributed by atoms with Crippen molar-refractivity contribution in [2.24, 2.45) is 11.8 Å². The zero-order chi connectivity index (χ0) is 20.0. The van der Waals surface area contributed by atoms with Crippen LogP contribution in [0.4, 0.5) is 5.69 Å². The summed E-state index contributed by atoms with van der Waals surface area (Å²) in [5, 5.41) is 0. The van der Waals surface area contributed by atoms with Gasteiger partial charge in [-0.1, -0.05) is 49.6 Å². The second-order valence-corrected chi connectivity index (χ2v) is 10.2. The Morgan fingerprint density at radius 1 is 1.04 bits per heavy atom. The number of anilines is 1. The average molecular weight is 515 g/mol. The minimum atomic E-state index is -1.05. The van der Waals surface area contributed by atoms with Gasteiger partial charge in [0.1, 0.15) is 5.60 Å². The molecule has 2 bridgehead atoms. The highest BCUT2D eigenvalue weighted by molar-refractivity contribution is 9.12. The molecule has 4 fully saturated rings. The Morgan fingerprint density at radius 2 is 1.68 bits per heavy atom. The molecule has 4 saturated heterocycles. The number of carbonyl (C=O) groups is 2. The predicted octanol–water partition coefficient (Wildman–Crippen LogP) is 2.85. The molecule has 5 rings (SSSR count). The highest BCUT2D eigenvalue weighted by Gasteiger charge is 2.82. The van der Waals surface area contributed by atoms with E-state index in [0.717, 1.165) is 11.1 Å². The standard InChI is InChI=1S/C20H21Br2NO5/c1-9-4-5-11(10(2)8-9)23-16(24)12-13(17(23)25)20(18-26-6-7-27-18)15(22)14(21)19(12,3)28-20/h4-5,8,12-15,18H,6-7H2,1-3H3. The number of amides is 2. The number of hydrogen-bond donors (Lipinski definition) is 0. The number of imide groups is 1. The summed E-state index contributed by atoms with van der Waals surface area (Å²) in [5.74, 6) is -1.71. The second kappa shape index (κ2) is 6.11. The molecule has 150 valence electrons. The summed E-state index contributed by atoms with van der Waals surface area (Å²) in [6.45, 7) is 6.70. The van der Waals surface area contributed by atoms with Crippen molar-refractivity contribution in [3.05, 3.63) is 29.3 Å². The third-order valence-electron chi connectivity index (χ3n) is 6.63. The summed E-state index contributed by atoms with van der Waals surface area (Å²) in [6, 6.07) is 5.75. The summed E-state index contributed by atoms with van der Waals surface area (Å²) >= 11 is 7.45. The SMILES string of the molecule is Cc1ccc(N2C(=O)C3C(C2=O)C2(C4OCCO4)OC3(C)C(Br)C2Br)c(C)c1. The molecule has 0 N–H and O–H groups in total. The van der Waals surface area contributed by atoms with Gasteiger partial charge in [-0.25, -0.2) is 4.90 Å². The third kappa shape index (κ3) is 2.13. The molecule has 0 radical (unpaired) electrons. The van der Waals surface area contributed by atoms with Crippen molar-refractivity contribution in [2.75, 3.05) is 18.1 Å². The van der Waals surface area contributed by atoms with Gasteiger partial charge in [-0.15, -0.1) is 0 Å². The predicted molar refractivity (Wildman–Crippen MR) is 109 cm³/mol. The quantitative estimate of drug-likeness (QED) is 0.448. The van der Waals surface area contributed by atoms with E-state index in [4.69, 9.17) is 14.2 Å². The van der Waals surface area contributed by atoms with Crippen molar-refractivity contribution < 1.29 is 23.8 Å². The molecule has 4 heterocycles. The van der Waals surface area contributed by atoms with Gasteiger partial charge in [0.2, 0.25) is 11.8 Å². The van der Waals surface area contributed by atoms with Crippen LogP contribution in [0.25, 0.3) is 0 Å². The average Bonchev–Trinajstić information content (AvgIpc) is 3.36. The van der Waals surface area contributed by atoms with E-state index in [2.05, 4.69) is 31.9 Å². The van der Waals surface area contributed by atoms with Crippen LogP contribution in [-0.2, 0) is 23.8 Å². The normalized spacial score (nSPS) is 42.7. The van der Waals surface area contributed by atoms with E-state index < -0.39 is 29.3 Å². The Kier molecular flexibility index (Phi) is 4.18. The number of aryl methyl sites for hydroxylation is 2. The zero-order valence-electron chi connectivity index (χ0n) is 15.8. The number of carbonyl (C=O) groups excluding carboxylic acids is 2. The first kappa shape index (κ1) is 19.2. The number of alkyl halides is 2. The minimum Gasteiger partial charge on any atom is -0.359 e. The van der Waals surface area contributed by atoms with Gasteiger partial charge < -0.3 is 14.2 Å². The maximum atomic E-state index is 13.7. The summed E-state index contributed by atoms with van der Waals surface area (Å²) in [6.07, 6.45) is -0.690.